The SMILES string of the molecule is CC(C)C[C@@H](O)C(O)CN. The minimum Gasteiger partial charge on any atom is -0.390 e. The summed E-state index contributed by atoms with van der Waals surface area (Å²) in [4.78, 5) is 0. The summed E-state index contributed by atoms with van der Waals surface area (Å²) in [6.07, 6.45) is -0.814. The molecule has 0 saturated heterocycles. The van der Waals surface area contributed by atoms with E-state index in [0.29, 0.717) is 12.3 Å². The van der Waals surface area contributed by atoms with Crippen LogP contribution in [0.4, 0.5) is 0 Å². The van der Waals surface area contributed by atoms with Crippen molar-refractivity contribution < 1.29 is 10.2 Å². The minimum absolute atomic E-state index is 0.133. The third kappa shape index (κ3) is 3.82. The lowest BCUT2D eigenvalue weighted by atomic mass is 10.0. The van der Waals surface area contributed by atoms with Crippen LogP contribution in [-0.4, -0.2) is 29.0 Å². The summed E-state index contributed by atoms with van der Waals surface area (Å²) in [5, 5.41) is 18.2. The molecule has 0 aliphatic rings. The highest BCUT2D eigenvalue weighted by Crippen LogP contribution is 2.06. The van der Waals surface area contributed by atoms with Crippen molar-refractivity contribution in [3.63, 3.8) is 0 Å². The summed E-state index contributed by atoms with van der Waals surface area (Å²) < 4.78 is 0. The molecule has 0 spiro atoms. The first kappa shape index (κ1) is 9.88. The Balaban J connectivity index is 3.50. The van der Waals surface area contributed by atoms with Crippen molar-refractivity contribution in [2.75, 3.05) is 6.54 Å². The fourth-order valence-electron chi connectivity index (χ4n) is 0.797. The zero-order valence-electron chi connectivity index (χ0n) is 6.62. The number of hydrogen-bond acceptors (Lipinski definition) is 3. The molecule has 2 atom stereocenters. The zero-order valence-corrected chi connectivity index (χ0v) is 6.62. The molecule has 0 aromatic carbocycles. The Hall–Kier alpha value is -0.120. The summed E-state index contributed by atoms with van der Waals surface area (Å²) in [5.41, 5.74) is 5.14. The van der Waals surface area contributed by atoms with Crippen LogP contribution in [0.5, 0.6) is 0 Å². The lowest BCUT2D eigenvalue weighted by Crippen LogP contribution is -2.33. The van der Waals surface area contributed by atoms with Gasteiger partial charge >= 0.3 is 0 Å². The van der Waals surface area contributed by atoms with E-state index < -0.39 is 12.2 Å². The van der Waals surface area contributed by atoms with Crippen molar-refractivity contribution in [3.05, 3.63) is 0 Å². The summed E-state index contributed by atoms with van der Waals surface area (Å²) in [6, 6.07) is 0. The van der Waals surface area contributed by atoms with Gasteiger partial charge in [-0.05, 0) is 12.3 Å². The van der Waals surface area contributed by atoms with Crippen LogP contribution >= 0.6 is 0 Å². The van der Waals surface area contributed by atoms with Crippen LogP contribution < -0.4 is 5.73 Å². The zero-order chi connectivity index (χ0) is 8.15. The van der Waals surface area contributed by atoms with Crippen LogP contribution in [0.15, 0.2) is 0 Å². The number of aliphatic hydroxyl groups is 2. The second kappa shape index (κ2) is 4.66. The lowest BCUT2D eigenvalue weighted by molar-refractivity contribution is 0.0131. The molecule has 0 heterocycles. The first-order chi connectivity index (χ1) is 4.57. The Labute approximate surface area is 61.9 Å². The first-order valence-corrected chi connectivity index (χ1v) is 3.64. The number of aliphatic hydroxyl groups excluding tert-OH is 2. The van der Waals surface area contributed by atoms with Gasteiger partial charge in [0, 0.05) is 6.54 Å². The largest absolute Gasteiger partial charge is 0.390 e. The van der Waals surface area contributed by atoms with Gasteiger partial charge in [0.1, 0.15) is 0 Å². The van der Waals surface area contributed by atoms with Gasteiger partial charge in [-0.3, -0.25) is 0 Å². The van der Waals surface area contributed by atoms with Crippen molar-refractivity contribution in [2.45, 2.75) is 32.5 Å². The molecule has 4 N–H and O–H groups in total. The van der Waals surface area contributed by atoms with E-state index in [1.807, 2.05) is 13.8 Å². The molecule has 62 valence electrons. The summed E-state index contributed by atoms with van der Waals surface area (Å²) in [7, 11) is 0. The fraction of sp³-hybridized carbons (Fsp3) is 1.00. The van der Waals surface area contributed by atoms with Crippen molar-refractivity contribution in [1.29, 1.82) is 0 Å². The van der Waals surface area contributed by atoms with Gasteiger partial charge in [0.05, 0.1) is 12.2 Å². The topological polar surface area (TPSA) is 66.5 Å². The standard InChI is InChI=1S/C7H17NO2/c1-5(2)3-6(9)7(10)4-8/h5-7,9-10H,3-4,8H2,1-2H3/t6-,7?/m1/s1. The predicted octanol–water partition coefficient (Wildman–Crippen LogP) is -0.287. The van der Waals surface area contributed by atoms with Crippen LogP contribution in [0.1, 0.15) is 20.3 Å². The predicted molar refractivity (Wildman–Crippen MR) is 40.5 cm³/mol. The van der Waals surface area contributed by atoms with Gasteiger partial charge < -0.3 is 15.9 Å². The Morgan fingerprint density at radius 3 is 2.00 bits per heavy atom. The summed E-state index contributed by atoms with van der Waals surface area (Å²) >= 11 is 0. The van der Waals surface area contributed by atoms with E-state index in [4.69, 9.17) is 15.9 Å². The molecule has 3 nitrogen and oxygen atoms in total. The minimum atomic E-state index is -0.762. The molecule has 0 saturated carbocycles. The molecule has 0 aliphatic heterocycles. The van der Waals surface area contributed by atoms with Crippen LogP contribution in [0.2, 0.25) is 0 Å². The molecule has 0 bridgehead atoms. The van der Waals surface area contributed by atoms with E-state index in [9.17, 15) is 0 Å². The maximum atomic E-state index is 9.16. The number of rotatable bonds is 4. The van der Waals surface area contributed by atoms with Gasteiger partial charge in [0.2, 0.25) is 0 Å². The molecular formula is C7H17NO2. The van der Waals surface area contributed by atoms with Crippen LogP contribution in [0.3, 0.4) is 0 Å². The van der Waals surface area contributed by atoms with E-state index in [1.165, 1.54) is 0 Å². The summed E-state index contributed by atoms with van der Waals surface area (Å²) in [5.74, 6) is 0.399. The highest BCUT2D eigenvalue weighted by molar-refractivity contribution is 4.68. The van der Waals surface area contributed by atoms with Gasteiger partial charge in [-0.2, -0.15) is 0 Å². The van der Waals surface area contributed by atoms with Crippen molar-refractivity contribution >= 4 is 0 Å². The van der Waals surface area contributed by atoms with Crippen molar-refractivity contribution in [2.24, 2.45) is 11.7 Å². The fourth-order valence-corrected chi connectivity index (χ4v) is 0.797. The monoisotopic (exact) mass is 147 g/mol. The Morgan fingerprint density at radius 2 is 1.70 bits per heavy atom. The second-order valence-electron chi connectivity index (χ2n) is 3.00. The molecule has 0 aromatic heterocycles. The number of nitrogens with two attached hydrogens (primary N) is 1. The van der Waals surface area contributed by atoms with Gasteiger partial charge in [0.25, 0.3) is 0 Å². The molecule has 10 heavy (non-hydrogen) atoms. The van der Waals surface area contributed by atoms with E-state index in [0.717, 1.165) is 0 Å². The van der Waals surface area contributed by atoms with E-state index in [-0.39, 0.29) is 6.54 Å². The second-order valence-corrected chi connectivity index (χ2v) is 3.00. The molecule has 0 radical (unpaired) electrons. The Kier molecular flexibility index (Phi) is 4.60. The molecule has 0 amide bonds. The maximum absolute atomic E-state index is 9.16. The van der Waals surface area contributed by atoms with Crippen LogP contribution in [0.25, 0.3) is 0 Å². The molecule has 1 unspecified atom stereocenters. The smallest absolute Gasteiger partial charge is 0.0920 e. The Bertz CT molecular complexity index is 85.7. The van der Waals surface area contributed by atoms with Crippen LogP contribution in [0, 0.1) is 5.92 Å². The molecule has 0 rings (SSSR count). The number of hydrogen-bond donors (Lipinski definition) is 3. The lowest BCUT2D eigenvalue weighted by Gasteiger charge is -2.17. The molecule has 3 heteroatoms. The van der Waals surface area contributed by atoms with E-state index >= 15 is 0 Å². The van der Waals surface area contributed by atoms with Gasteiger partial charge in [-0.25, -0.2) is 0 Å². The van der Waals surface area contributed by atoms with Crippen LogP contribution in [-0.2, 0) is 0 Å². The Morgan fingerprint density at radius 1 is 1.20 bits per heavy atom. The van der Waals surface area contributed by atoms with E-state index in [1.54, 1.807) is 0 Å². The average molecular weight is 147 g/mol. The maximum Gasteiger partial charge on any atom is 0.0920 e. The highest BCUT2D eigenvalue weighted by Gasteiger charge is 2.14. The third-order valence-electron chi connectivity index (χ3n) is 1.40. The third-order valence-corrected chi connectivity index (χ3v) is 1.40. The first-order valence-electron chi connectivity index (χ1n) is 3.64. The van der Waals surface area contributed by atoms with Crippen molar-refractivity contribution in [3.8, 4) is 0 Å². The highest BCUT2D eigenvalue weighted by atomic mass is 16.3. The van der Waals surface area contributed by atoms with Gasteiger partial charge in [0.15, 0.2) is 0 Å². The summed E-state index contributed by atoms with van der Waals surface area (Å²) in [6.45, 7) is 4.12. The quantitative estimate of drug-likeness (QED) is 0.512. The van der Waals surface area contributed by atoms with Gasteiger partial charge in [-0.1, -0.05) is 13.8 Å². The van der Waals surface area contributed by atoms with Crippen molar-refractivity contribution in [1.82, 2.24) is 0 Å². The molecule has 0 aromatic rings. The molecular weight excluding hydrogens is 130 g/mol. The van der Waals surface area contributed by atoms with E-state index in [2.05, 4.69) is 0 Å². The van der Waals surface area contributed by atoms with Gasteiger partial charge in [-0.15, -0.1) is 0 Å². The normalized spacial score (nSPS) is 17.4. The molecule has 0 aliphatic carbocycles. The molecule has 0 fully saturated rings. The average Bonchev–Trinajstić information content (AvgIpc) is 1.85.